The molecule has 0 spiro atoms. The van der Waals surface area contributed by atoms with Crippen LogP contribution in [0, 0.1) is 0 Å². The Morgan fingerprint density at radius 3 is 2.62 bits per heavy atom. The highest BCUT2D eigenvalue weighted by atomic mass is 16.5. The molecule has 4 nitrogen and oxygen atoms in total. The van der Waals surface area contributed by atoms with Gasteiger partial charge >= 0.3 is 5.97 Å². The molecule has 0 amide bonds. The molecular formula is C12H14N2O2. The third-order valence-corrected chi connectivity index (χ3v) is 2.58. The molecule has 1 unspecified atom stereocenters. The highest BCUT2D eigenvalue weighted by Crippen LogP contribution is 2.16. The molecule has 0 saturated heterocycles. The molecule has 1 aromatic rings. The van der Waals surface area contributed by atoms with E-state index in [0.717, 1.165) is 5.56 Å². The van der Waals surface area contributed by atoms with Crippen molar-refractivity contribution in [2.45, 2.75) is 13.0 Å². The van der Waals surface area contributed by atoms with Crippen LogP contribution in [0.3, 0.4) is 0 Å². The molecule has 1 heterocycles. The smallest absolute Gasteiger partial charge is 0.356 e. The number of hydrogen-bond donors (Lipinski definition) is 2. The van der Waals surface area contributed by atoms with Gasteiger partial charge in [-0.3, -0.25) is 0 Å². The van der Waals surface area contributed by atoms with Crippen LogP contribution in [-0.4, -0.2) is 12.6 Å². The zero-order valence-electron chi connectivity index (χ0n) is 9.07. The summed E-state index contributed by atoms with van der Waals surface area (Å²) in [5.41, 5.74) is 7.58. The summed E-state index contributed by atoms with van der Waals surface area (Å²) < 4.78 is 4.81. The first kappa shape index (κ1) is 10.5. The summed E-state index contributed by atoms with van der Waals surface area (Å²) in [4.78, 5) is 11.1. The Balaban J connectivity index is 2.09. The summed E-state index contributed by atoms with van der Waals surface area (Å²) in [6.07, 6.45) is 0. The molecule has 0 saturated carbocycles. The standard InChI is InChI=1S/C12H14N2O2/c1-8(9-5-3-2-4-6-9)14-10-7-16-12(15)11(10)13/h2-6,8,14H,7,13H2,1H3. The molecule has 16 heavy (non-hydrogen) atoms. The van der Waals surface area contributed by atoms with Crippen molar-refractivity contribution < 1.29 is 9.53 Å². The van der Waals surface area contributed by atoms with E-state index >= 15 is 0 Å². The van der Waals surface area contributed by atoms with Gasteiger partial charge in [0.05, 0.1) is 5.70 Å². The number of nitrogens with one attached hydrogen (secondary N) is 1. The Morgan fingerprint density at radius 1 is 1.38 bits per heavy atom. The third kappa shape index (κ3) is 2.00. The van der Waals surface area contributed by atoms with Gasteiger partial charge in [-0.2, -0.15) is 0 Å². The fraction of sp³-hybridized carbons (Fsp3) is 0.250. The molecule has 0 radical (unpaired) electrons. The Bertz CT molecular complexity index is 426. The van der Waals surface area contributed by atoms with Crippen LogP contribution in [0.15, 0.2) is 41.7 Å². The summed E-state index contributed by atoms with van der Waals surface area (Å²) in [6.45, 7) is 2.25. The van der Waals surface area contributed by atoms with Gasteiger partial charge in [-0.1, -0.05) is 30.3 Å². The highest BCUT2D eigenvalue weighted by molar-refractivity contribution is 5.90. The Hall–Kier alpha value is -1.97. The third-order valence-electron chi connectivity index (χ3n) is 2.58. The first-order valence-corrected chi connectivity index (χ1v) is 5.15. The van der Waals surface area contributed by atoms with Crippen LogP contribution in [-0.2, 0) is 9.53 Å². The number of benzene rings is 1. The van der Waals surface area contributed by atoms with E-state index in [1.54, 1.807) is 0 Å². The van der Waals surface area contributed by atoms with Crippen LogP contribution in [0.1, 0.15) is 18.5 Å². The molecule has 0 fully saturated rings. The summed E-state index contributed by atoms with van der Waals surface area (Å²) in [5, 5.41) is 3.18. The second-order valence-electron chi connectivity index (χ2n) is 3.75. The van der Waals surface area contributed by atoms with E-state index < -0.39 is 5.97 Å². The Morgan fingerprint density at radius 2 is 2.06 bits per heavy atom. The van der Waals surface area contributed by atoms with E-state index in [1.165, 1.54) is 0 Å². The number of carbonyl (C=O) groups is 1. The number of rotatable bonds is 3. The number of carbonyl (C=O) groups excluding carboxylic acids is 1. The zero-order valence-corrected chi connectivity index (χ0v) is 9.07. The Labute approximate surface area is 94.1 Å². The van der Waals surface area contributed by atoms with E-state index in [-0.39, 0.29) is 18.3 Å². The average Bonchev–Trinajstić information content (AvgIpc) is 2.62. The maximum atomic E-state index is 11.1. The van der Waals surface area contributed by atoms with Crippen molar-refractivity contribution in [2.75, 3.05) is 6.61 Å². The maximum Gasteiger partial charge on any atom is 0.356 e. The summed E-state index contributed by atoms with van der Waals surface area (Å²) in [5.74, 6) is -0.442. The largest absolute Gasteiger partial charge is 0.454 e. The molecule has 1 aliphatic rings. The first-order valence-electron chi connectivity index (χ1n) is 5.15. The van der Waals surface area contributed by atoms with Gasteiger partial charge in [-0.05, 0) is 12.5 Å². The predicted molar refractivity (Wildman–Crippen MR) is 60.2 cm³/mol. The SMILES string of the molecule is CC(NC1=C(N)C(=O)OC1)c1ccccc1. The van der Waals surface area contributed by atoms with Crippen molar-refractivity contribution in [3.05, 3.63) is 47.3 Å². The molecular weight excluding hydrogens is 204 g/mol. The van der Waals surface area contributed by atoms with E-state index in [9.17, 15) is 4.79 Å². The normalized spacial score (nSPS) is 17.2. The zero-order chi connectivity index (χ0) is 11.5. The van der Waals surface area contributed by atoms with E-state index in [0.29, 0.717) is 5.70 Å². The molecule has 4 heteroatoms. The number of esters is 1. The van der Waals surface area contributed by atoms with Crippen molar-refractivity contribution in [3.8, 4) is 0 Å². The topological polar surface area (TPSA) is 64.3 Å². The molecule has 1 atom stereocenters. The summed E-state index contributed by atoms with van der Waals surface area (Å²) >= 11 is 0. The van der Waals surface area contributed by atoms with Crippen molar-refractivity contribution in [3.63, 3.8) is 0 Å². The minimum absolute atomic E-state index is 0.101. The molecule has 3 N–H and O–H groups in total. The molecule has 84 valence electrons. The van der Waals surface area contributed by atoms with Gasteiger partial charge < -0.3 is 15.8 Å². The minimum atomic E-state index is -0.442. The van der Waals surface area contributed by atoms with Crippen LogP contribution in [0.5, 0.6) is 0 Å². The number of hydrogen-bond acceptors (Lipinski definition) is 4. The lowest BCUT2D eigenvalue weighted by Gasteiger charge is -2.15. The second-order valence-corrected chi connectivity index (χ2v) is 3.75. The average molecular weight is 218 g/mol. The van der Waals surface area contributed by atoms with Crippen molar-refractivity contribution >= 4 is 5.97 Å². The lowest BCUT2D eigenvalue weighted by molar-refractivity contribution is -0.136. The fourth-order valence-electron chi connectivity index (χ4n) is 1.62. The quantitative estimate of drug-likeness (QED) is 0.745. The van der Waals surface area contributed by atoms with Gasteiger partial charge in [0.15, 0.2) is 0 Å². The maximum absolute atomic E-state index is 11.1. The van der Waals surface area contributed by atoms with E-state index in [4.69, 9.17) is 10.5 Å². The fourth-order valence-corrected chi connectivity index (χ4v) is 1.62. The molecule has 1 aromatic carbocycles. The van der Waals surface area contributed by atoms with Crippen LogP contribution in [0.25, 0.3) is 0 Å². The predicted octanol–water partition coefficient (Wildman–Crippen LogP) is 1.06. The lowest BCUT2D eigenvalue weighted by atomic mass is 10.1. The molecule has 0 aliphatic carbocycles. The molecule has 0 aromatic heterocycles. The Kier molecular flexibility index (Phi) is 2.81. The van der Waals surface area contributed by atoms with Crippen LogP contribution in [0.2, 0.25) is 0 Å². The summed E-state index contributed by atoms with van der Waals surface area (Å²) in [7, 11) is 0. The summed E-state index contributed by atoms with van der Waals surface area (Å²) in [6, 6.07) is 10.1. The van der Waals surface area contributed by atoms with Crippen molar-refractivity contribution in [2.24, 2.45) is 5.73 Å². The highest BCUT2D eigenvalue weighted by Gasteiger charge is 2.23. The van der Waals surface area contributed by atoms with Crippen LogP contribution in [0.4, 0.5) is 0 Å². The van der Waals surface area contributed by atoms with Crippen molar-refractivity contribution in [1.82, 2.24) is 5.32 Å². The van der Waals surface area contributed by atoms with E-state index in [2.05, 4.69) is 5.32 Å². The van der Waals surface area contributed by atoms with Crippen molar-refractivity contribution in [1.29, 1.82) is 0 Å². The second kappa shape index (κ2) is 4.26. The minimum Gasteiger partial charge on any atom is -0.454 e. The van der Waals surface area contributed by atoms with Gasteiger partial charge in [0.25, 0.3) is 0 Å². The first-order chi connectivity index (χ1) is 7.68. The van der Waals surface area contributed by atoms with Gasteiger partial charge in [-0.25, -0.2) is 4.79 Å². The number of ether oxygens (including phenoxy) is 1. The van der Waals surface area contributed by atoms with Crippen LogP contribution < -0.4 is 11.1 Å². The van der Waals surface area contributed by atoms with Gasteiger partial charge in [0, 0.05) is 6.04 Å². The van der Waals surface area contributed by atoms with Gasteiger partial charge in [-0.15, -0.1) is 0 Å². The van der Waals surface area contributed by atoms with Gasteiger partial charge in [0.1, 0.15) is 12.3 Å². The molecule has 0 bridgehead atoms. The number of cyclic esters (lactones) is 1. The van der Waals surface area contributed by atoms with Gasteiger partial charge in [0.2, 0.25) is 0 Å². The molecule has 2 rings (SSSR count). The van der Waals surface area contributed by atoms with Crippen LogP contribution >= 0.6 is 0 Å². The lowest BCUT2D eigenvalue weighted by Crippen LogP contribution is -2.21. The van der Waals surface area contributed by atoms with E-state index in [1.807, 2.05) is 37.3 Å². The monoisotopic (exact) mass is 218 g/mol. The number of nitrogens with two attached hydrogens (primary N) is 1. The molecule has 1 aliphatic heterocycles.